The Balaban J connectivity index is 2.09. The maximum absolute atomic E-state index is 6.16. The Labute approximate surface area is 114 Å². The molecule has 3 aromatic rings. The number of fused-ring (bicyclic) bond motifs is 1. The van der Waals surface area contributed by atoms with E-state index in [0.717, 1.165) is 15.9 Å². The van der Waals surface area contributed by atoms with Crippen LogP contribution in [-0.4, -0.2) is 17.0 Å². The van der Waals surface area contributed by atoms with Crippen LogP contribution in [0.1, 0.15) is 0 Å². The van der Waals surface area contributed by atoms with Crippen molar-refractivity contribution in [1.29, 1.82) is 0 Å². The predicted octanol–water partition coefficient (Wildman–Crippen LogP) is 4.11. The minimum Gasteiger partial charge on any atom is -0.314 e. The maximum atomic E-state index is 6.16. The molecule has 5 heteroatoms. The minimum absolute atomic E-state index is 0.499. The van der Waals surface area contributed by atoms with Crippen molar-refractivity contribution < 1.29 is 0 Å². The number of hydrogen-bond acceptors (Lipinski definition) is 4. The summed E-state index contributed by atoms with van der Waals surface area (Å²) in [6.45, 7) is 0. The average Bonchev–Trinajstić information content (AvgIpc) is 2.88. The summed E-state index contributed by atoms with van der Waals surface area (Å²) >= 11 is 7.73. The molecule has 0 spiro atoms. The van der Waals surface area contributed by atoms with Crippen molar-refractivity contribution >= 4 is 44.8 Å². The van der Waals surface area contributed by atoms with Crippen molar-refractivity contribution in [2.24, 2.45) is 0 Å². The summed E-state index contributed by atoms with van der Waals surface area (Å²) < 4.78 is 0. The molecular formula is C13H10ClN3S. The molecule has 3 nitrogen and oxygen atoms in total. The number of thiophene rings is 1. The van der Waals surface area contributed by atoms with E-state index in [-0.39, 0.29) is 0 Å². The molecule has 0 aliphatic carbocycles. The molecule has 0 saturated carbocycles. The molecule has 3 rings (SSSR count). The van der Waals surface area contributed by atoms with Crippen LogP contribution in [0.25, 0.3) is 10.2 Å². The van der Waals surface area contributed by atoms with Crippen LogP contribution in [0.3, 0.4) is 0 Å². The number of rotatable bonds is 2. The monoisotopic (exact) mass is 275 g/mol. The average molecular weight is 276 g/mol. The molecule has 2 aromatic heterocycles. The molecule has 0 aliphatic heterocycles. The highest BCUT2D eigenvalue weighted by Crippen LogP contribution is 2.29. The third-order valence-corrected chi connectivity index (χ3v) is 3.80. The lowest BCUT2D eigenvalue weighted by Gasteiger charge is -2.17. The highest BCUT2D eigenvalue weighted by Gasteiger charge is 2.11. The molecule has 18 heavy (non-hydrogen) atoms. The molecule has 0 saturated heterocycles. The van der Waals surface area contributed by atoms with Crippen LogP contribution in [0.4, 0.5) is 11.6 Å². The Morgan fingerprint density at radius 1 is 1.11 bits per heavy atom. The Kier molecular flexibility index (Phi) is 2.89. The van der Waals surface area contributed by atoms with Crippen LogP contribution < -0.4 is 4.90 Å². The van der Waals surface area contributed by atoms with Crippen LogP contribution in [0.15, 0.2) is 41.8 Å². The zero-order chi connectivity index (χ0) is 12.5. The van der Waals surface area contributed by atoms with Gasteiger partial charge in [-0.1, -0.05) is 29.8 Å². The summed E-state index contributed by atoms with van der Waals surface area (Å²) in [6, 6.07) is 11.9. The molecule has 0 atom stereocenters. The first-order valence-electron chi connectivity index (χ1n) is 5.45. The van der Waals surface area contributed by atoms with Gasteiger partial charge in [-0.3, -0.25) is 0 Å². The third-order valence-electron chi connectivity index (χ3n) is 2.71. The van der Waals surface area contributed by atoms with Crippen molar-refractivity contribution in [1.82, 2.24) is 9.97 Å². The van der Waals surface area contributed by atoms with Crippen molar-refractivity contribution in [3.05, 3.63) is 46.9 Å². The third kappa shape index (κ3) is 1.94. The van der Waals surface area contributed by atoms with Gasteiger partial charge in [0, 0.05) is 18.1 Å². The number of halogens is 1. The molecule has 0 N–H and O–H groups in total. The summed E-state index contributed by atoms with van der Waals surface area (Å²) in [5.74, 6) is 0.612. The number of para-hydroxylation sites is 1. The van der Waals surface area contributed by atoms with Crippen molar-refractivity contribution in [3.63, 3.8) is 0 Å². The van der Waals surface area contributed by atoms with Gasteiger partial charge in [-0.25, -0.2) is 4.98 Å². The van der Waals surface area contributed by atoms with E-state index in [0.29, 0.717) is 11.1 Å². The second-order valence-corrected chi connectivity index (χ2v) is 5.10. The number of hydrogen-bond donors (Lipinski definition) is 0. The first kappa shape index (κ1) is 11.4. The second kappa shape index (κ2) is 4.55. The van der Waals surface area contributed by atoms with E-state index in [9.17, 15) is 0 Å². The molecule has 0 amide bonds. The number of benzene rings is 1. The quantitative estimate of drug-likeness (QED) is 0.659. The van der Waals surface area contributed by atoms with E-state index in [1.54, 1.807) is 11.3 Å². The van der Waals surface area contributed by atoms with Gasteiger partial charge in [0.25, 0.3) is 0 Å². The fourth-order valence-electron chi connectivity index (χ4n) is 1.73. The predicted molar refractivity (Wildman–Crippen MR) is 76.9 cm³/mol. The van der Waals surface area contributed by atoms with E-state index >= 15 is 0 Å². The lowest BCUT2D eigenvalue weighted by atomic mass is 10.3. The van der Waals surface area contributed by atoms with Gasteiger partial charge in [0.2, 0.25) is 5.95 Å². The molecule has 0 unspecified atom stereocenters. The van der Waals surface area contributed by atoms with E-state index in [1.807, 2.05) is 53.7 Å². The normalized spacial score (nSPS) is 10.8. The zero-order valence-corrected chi connectivity index (χ0v) is 11.2. The Hall–Kier alpha value is -1.65. The lowest BCUT2D eigenvalue weighted by molar-refractivity contribution is 1.07. The number of aromatic nitrogens is 2. The van der Waals surface area contributed by atoms with Crippen LogP contribution in [-0.2, 0) is 0 Å². The Bertz CT molecular complexity index is 681. The Morgan fingerprint density at radius 2 is 1.89 bits per heavy atom. The van der Waals surface area contributed by atoms with Crippen molar-refractivity contribution in [2.45, 2.75) is 0 Å². The first-order valence-corrected chi connectivity index (χ1v) is 6.71. The second-order valence-electron chi connectivity index (χ2n) is 3.85. The molecule has 90 valence electrons. The van der Waals surface area contributed by atoms with Crippen LogP contribution in [0, 0.1) is 0 Å². The van der Waals surface area contributed by atoms with Gasteiger partial charge in [-0.2, -0.15) is 4.98 Å². The van der Waals surface area contributed by atoms with E-state index < -0.39 is 0 Å². The van der Waals surface area contributed by atoms with Crippen LogP contribution >= 0.6 is 22.9 Å². The highest BCUT2D eigenvalue weighted by atomic mass is 35.5. The van der Waals surface area contributed by atoms with E-state index in [1.165, 1.54) is 0 Å². The van der Waals surface area contributed by atoms with Gasteiger partial charge in [0.1, 0.15) is 9.98 Å². The smallest absolute Gasteiger partial charge is 0.232 e. The topological polar surface area (TPSA) is 29.0 Å². The van der Waals surface area contributed by atoms with Gasteiger partial charge >= 0.3 is 0 Å². The standard InChI is InChI=1S/C13H10ClN3S/c1-17(9-5-3-2-4-6-9)13-15-11(14)10-7-8-18-12(10)16-13/h2-8H,1H3. The van der Waals surface area contributed by atoms with E-state index in [4.69, 9.17) is 11.6 Å². The van der Waals surface area contributed by atoms with Gasteiger partial charge < -0.3 is 4.90 Å². The molecule has 0 fully saturated rings. The fourth-order valence-corrected chi connectivity index (χ4v) is 2.77. The van der Waals surface area contributed by atoms with Gasteiger partial charge in [-0.05, 0) is 23.6 Å². The largest absolute Gasteiger partial charge is 0.314 e. The molecular weight excluding hydrogens is 266 g/mol. The van der Waals surface area contributed by atoms with Crippen molar-refractivity contribution in [2.75, 3.05) is 11.9 Å². The number of nitrogens with zero attached hydrogens (tertiary/aromatic N) is 3. The van der Waals surface area contributed by atoms with Crippen LogP contribution in [0.2, 0.25) is 5.15 Å². The maximum Gasteiger partial charge on any atom is 0.232 e. The lowest BCUT2D eigenvalue weighted by Crippen LogP contribution is -2.12. The zero-order valence-electron chi connectivity index (χ0n) is 9.67. The molecule has 0 radical (unpaired) electrons. The molecule has 0 bridgehead atoms. The number of anilines is 2. The fraction of sp³-hybridized carbons (Fsp3) is 0.0769. The summed E-state index contributed by atoms with van der Waals surface area (Å²) in [5, 5.41) is 3.38. The summed E-state index contributed by atoms with van der Waals surface area (Å²) in [4.78, 5) is 11.7. The SMILES string of the molecule is CN(c1ccccc1)c1nc(Cl)c2ccsc2n1. The first-order chi connectivity index (χ1) is 8.75. The summed E-state index contributed by atoms with van der Waals surface area (Å²) in [7, 11) is 1.93. The molecule has 0 aliphatic rings. The van der Waals surface area contributed by atoms with Crippen LogP contribution in [0.5, 0.6) is 0 Å². The molecule has 2 heterocycles. The van der Waals surface area contributed by atoms with Crippen molar-refractivity contribution in [3.8, 4) is 0 Å². The van der Waals surface area contributed by atoms with E-state index in [2.05, 4.69) is 9.97 Å². The molecule has 1 aromatic carbocycles. The van der Waals surface area contributed by atoms with Gasteiger partial charge in [0.05, 0.1) is 0 Å². The minimum atomic E-state index is 0.499. The van der Waals surface area contributed by atoms with Gasteiger partial charge in [-0.15, -0.1) is 11.3 Å². The highest BCUT2D eigenvalue weighted by molar-refractivity contribution is 7.16. The van der Waals surface area contributed by atoms with Gasteiger partial charge in [0.15, 0.2) is 0 Å². The summed E-state index contributed by atoms with van der Waals surface area (Å²) in [6.07, 6.45) is 0. The summed E-state index contributed by atoms with van der Waals surface area (Å²) in [5.41, 5.74) is 1.03. The Morgan fingerprint density at radius 3 is 2.67 bits per heavy atom.